The first-order chi connectivity index (χ1) is 9.78. The fourth-order valence-corrected chi connectivity index (χ4v) is 3.91. The smallest absolute Gasteiger partial charge is 0.125 e. The van der Waals surface area contributed by atoms with Crippen molar-refractivity contribution in [2.45, 2.75) is 31.7 Å². The van der Waals surface area contributed by atoms with Crippen LogP contribution in [0.1, 0.15) is 24.0 Å². The van der Waals surface area contributed by atoms with Crippen LogP contribution in [0.2, 0.25) is 0 Å². The number of nitrogens with one attached hydrogen (secondary N) is 1. The molecule has 1 aromatic carbocycles. The molecule has 1 fully saturated rings. The molecule has 2 heterocycles. The van der Waals surface area contributed by atoms with Crippen molar-refractivity contribution in [3.63, 3.8) is 0 Å². The summed E-state index contributed by atoms with van der Waals surface area (Å²) in [6.45, 7) is 2.62. The van der Waals surface area contributed by atoms with Crippen LogP contribution in [0.25, 0.3) is 0 Å². The van der Waals surface area contributed by atoms with E-state index in [1.54, 1.807) is 0 Å². The van der Waals surface area contributed by atoms with Gasteiger partial charge in [0.05, 0.1) is 6.61 Å². The Kier molecular flexibility index (Phi) is 4.64. The Balaban J connectivity index is 1.78. The summed E-state index contributed by atoms with van der Waals surface area (Å²) in [5, 5.41) is 3.50. The number of ether oxygens (including phenoxy) is 2. The number of benzene rings is 1. The molecule has 3 nitrogen and oxygen atoms in total. The maximum atomic E-state index is 5.84. The van der Waals surface area contributed by atoms with E-state index in [1.807, 2.05) is 0 Å². The topological polar surface area (TPSA) is 30.5 Å². The molecule has 0 aromatic heterocycles. The monoisotopic (exact) mass is 339 g/mol. The third-order valence-electron chi connectivity index (χ3n) is 4.47. The fourth-order valence-electron chi connectivity index (χ4n) is 3.36. The summed E-state index contributed by atoms with van der Waals surface area (Å²) in [7, 11) is 2.07. The second-order valence-corrected chi connectivity index (χ2v) is 6.62. The van der Waals surface area contributed by atoms with Crippen LogP contribution in [-0.4, -0.2) is 32.9 Å². The number of hydrogen-bond donors (Lipinski definition) is 1. The van der Waals surface area contributed by atoms with E-state index in [0.29, 0.717) is 12.0 Å². The summed E-state index contributed by atoms with van der Waals surface area (Å²) in [6.07, 6.45) is 4.37. The molecule has 0 saturated carbocycles. The minimum absolute atomic E-state index is 0.501. The molecule has 0 radical (unpaired) electrons. The first-order valence-electron chi connectivity index (χ1n) is 7.47. The van der Waals surface area contributed by atoms with Crippen LogP contribution in [0.15, 0.2) is 16.6 Å². The van der Waals surface area contributed by atoms with Crippen molar-refractivity contribution < 1.29 is 9.47 Å². The van der Waals surface area contributed by atoms with Crippen molar-refractivity contribution in [3.05, 3.63) is 27.7 Å². The third kappa shape index (κ3) is 3.02. The summed E-state index contributed by atoms with van der Waals surface area (Å²) in [5.41, 5.74) is 2.67. The zero-order chi connectivity index (χ0) is 13.9. The third-order valence-corrected chi connectivity index (χ3v) is 4.93. The standard InChI is InChI=1S/C16H22BrNO2/c1-18-15(11-2-5-19-6-3-11)10-13-9-14(17)8-12-4-7-20-16(12)13/h8-9,11,15,18H,2-7,10H2,1H3. The average molecular weight is 340 g/mol. The van der Waals surface area contributed by atoms with E-state index in [0.717, 1.165) is 51.3 Å². The molecule has 1 unspecified atom stereocenters. The predicted octanol–water partition coefficient (Wildman–Crippen LogP) is 2.94. The van der Waals surface area contributed by atoms with Gasteiger partial charge in [0.15, 0.2) is 0 Å². The van der Waals surface area contributed by atoms with Gasteiger partial charge in [0.2, 0.25) is 0 Å². The molecule has 20 heavy (non-hydrogen) atoms. The van der Waals surface area contributed by atoms with Gasteiger partial charge in [-0.1, -0.05) is 15.9 Å². The lowest BCUT2D eigenvalue weighted by Crippen LogP contribution is -2.38. The SMILES string of the molecule is CNC(Cc1cc(Br)cc2c1OCC2)C1CCOCC1. The van der Waals surface area contributed by atoms with Gasteiger partial charge >= 0.3 is 0 Å². The van der Waals surface area contributed by atoms with Crippen LogP contribution in [0, 0.1) is 5.92 Å². The van der Waals surface area contributed by atoms with Gasteiger partial charge in [0, 0.05) is 30.1 Å². The predicted molar refractivity (Wildman–Crippen MR) is 83.4 cm³/mol. The van der Waals surface area contributed by atoms with Crippen molar-refractivity contribution in [3.8, 4) is 5.75 Å². The Morgan fingerprint density at radius 2 is 2.10 bits per heavy atom. The molecular formula is C16H22BrNO2. The minimum Gasteiger partial charge on any atom is -0.493 e. The van der Waals surface area contributed by atoms with Crippen LogP contribution in [-0.2, 0) is 17.6 Å². The molecule has 1 aromatic rings. The molecule has 110 valence electrons. The number of rotatable bonds is 4. The van der Waals surface area contributed by atoms with Crippen molar-refractivity contribution in [2.24, 2.45) is 5.92 Å². The van der Waals surface area contributed by atoms with Crippen LogP contribution in [0.3, 0.4) is 0 Å². The molecule has 0 bridgehead atoms. The Bertz CT molecular complexity index is 472. The summed E-state index contributed by atoms with van der Waals surface area (Å²) in [4.78, 5) is 0. The highest BCUT2D eigenvalue weighted by atomic mass is 79.9. The highest BCUT2D eigenvalue weighted by Crippen LogP contribution is 2.35. The lowest BCUT2D eigenvalue weighted by Gasteiger charge is -2.30. The molecule has 0 spiro atoms. The second kappa shape index (κ2) is 6.46. The van der Waals surface area contributed by atoms with Gasteiger partial charge in [-0.2, -0.15) is 0 Å². The molecule has 0 amide bonds. The number of halogens is 1. The van der Waals surface area contributed by atoms with Gasteiger partial charge in [-0.05, 0) is 55.5 Å². The molecule has 1 atom stereocenters. The Morgan fingerprint density at radius 1 is 1.30 bits per heavy atom. The van der Waals surface area contributed by atoms with E-state index in [1.165, 1.54) is 15.6 Å². The average Bonchev–Trinajstić information content (AvgIpc) is 2.93. The molecule has 4 heteroatoms. The zero-order valence-electron chi connectivity index (χ0n) is 12.0. The normalized spacial score (nSPS) is 20.5. The summed E-state index contributed by atoms with van der Waals surface area (Å²) in [6, 6.07) is 4.91. The highest BCUT2D eigenvalue weighted by molar-refractivity contribution is 9.10. The number of likely N-dealkylation sites (N-methyl/N-ethyl adjacent to an activating group) is 1. The Hall–Kier alpha value is -0.580. The van der Waals surface area contributed by atoms with E-state index in [4.69, 9.17) is 9.47 Å². The fraction of sp³-hybridized carbons (Fsp3) is 0.625. The molecule has 1 saturated heterocycles. The first-order valence-corrected chi connectivity index (χ1v) is 8.26. The lowest BCUT2D eigenvalue weighted by atomic mass is 9.87. The van der Waals surface area contributed by atoms with E-state index < -0.39 is 0 Å². The van der Waals surface area contributed by atoms with Crippen molar-refractivity contribution in [1.82, 2.24) is 5.32 Å². The van der Waals surface area contributed by atoms with Crippen molar-refractivity contribution in [1.29, 1.82) is 0 Å². The van der Waals surface area contributed by atoms with Crippen LogP contribution < -0.4 is 10.1 Å². The van der Waals surface area contributed by atoms with Gasteiger partial charge in [-0.15, -0.1) is 0 Å². The largest absolute Gasteiger partial charge is 0.493 e. The van der Waals surface area contributed by atoms with Gasteiger partial charge < -0.3 is 14.8 Å². The lowest BCUT2D eigenvalue weighted by molar-refractivity contribution is 0.0547. The molecule has 2 aliphatic rings. The molecule has 1 N–H and O–H groups in total. The Labute approximate surface area is 129 Å². The number of fused-ring (bicyclic) bond motifs is 1. The quantitative estimate of drug-likeness (QED) is 0.914. The van der Waals surface area contributed by atoms with Crippen molar-refractivity contribution in [2.75, 3.05) is 26.9 Å². The summed E-state index contributed by atoms with van der Waals surface area (Å²) >= 11 is 3.63. The first kappa shape index (κ1) is 14.4. The van der Waals surface area contributed by atoms with Crippen LogP contribution >= 0.6 is 15.9 Å². The Morgan fingerprint density at radius 3 is 2.85 bits per heavy atom. The summed E-state index contributed by atoms with van der Waals surface area (Å²) < 4.78 is 12.5. The minimum atomic E-state index is 0.501. The molecule has 2 aliphatic heterocycles. The highest BCUT2D eigenvalue weighted by Gasteiger charge is 2.26. The van der Waals surface area contributed by atoms with E-state index in [2.05, 4.69) is 40.4 Å². The van der Waals surface area contributed by atoms with Crippen LogP contribution in [0.4, 0.5) is 0 Å². The van der Waals surface area contributed by atoms with E-state index in [-0.39, 0.29) is 0 Å². The maximum Gasteiger partial charge on any atom is 0.125 e. The van der Waals surface area contributed by atoms with E-state index >= 15 is 0 Å². The zero-order valence-corrected chi connectivity index (χ0v) is 13.5. The number of hydrogen-bond acceptors (Lipinski definition) is 3. The van der Waals surface area contributed by atoms with Gasteiger partial charge in [0.1, 0.15) is 5.75 Å². The van der Waals surface area contributed by atoms with Crippen molar-refractivity contribution >= 4 is 15.9 Å². The maximum absolute atomic E-state index is 5.84. The molecular weight excluding hydrogens is 318 g/mol. The van der Waals surface area contributed by atoms with Gasteiger partial charge in [-0.25, -0.2) is 0 Å². The summed E-state index contributed by atoms with van der Waals surface area (Å²) in [5.74, 6) is 1.82. The van der Waals surface area contributed by atoms with Gasteiger partial charge in [-0.3, -0.25) is 0 Å². The second-order valence-electron chi connectivity index (χ2n) is 5.70. The van der Waals surface area contributed by atoms with E-state index in [9.17, 15) is 0 Å². The molecule has 0 aliphatic carbocycles. The van der Waals surface area contributed by atoms with Gasteiger partial charge in [0.25, 0.3) is 0 Å². The molecule has 3 rings (SSSR count). The van der Waals surface area contributed by atoms with Crippen LogP contribution in [0.5, 0.6) is 5.75 Å².